The number of aromatic nitrogens is 3. The molecule has 0 amide bonds. The van der Waals surface area contributed by atoms with Crippen molar-refractivity contribution in [1.29, 1.82) is 0 Å². The maximum Gasteiger partial charge on any atom is 0.247 e. The minimum absolute atomic E-state index is 0.0477. The number of fused-ring (bicyclic) bond motifs is 1. The van der Waals surface area contributed by atoms with Crippen LogP contribution in [0, 0.1) is 5.95 Å². The van der Waals surface area contributed by atoms with Crippen LogP contribution in [0.4, 0.5) is 10.2 Å². The molecular formula is C13H8BrFN4. The Morgan fingerprint density at radius 2 is 1.95 bits per heavy atom. The zero-order valence-corrected chi connectivity index (χ0v) is 11.2. The first-order valence-electron chi connectivity index (χ1n) is 5.48. The maximum atomic E-state index is 13.2. The Kier molecular flexibility index (Phi) is 2.87. The molecule has 6 heteroatoms. The minimum atomic E-state index is -0.716. The van der Waals surface area contributed by atoms with Gasteiger partial charge in [0.1, 0.15) is 5.69 Å². The summed E-state index contributed by atoms with van der Waals surface area (Å²) >= 11 is 3.01. The van der Waals surface area contributed by atoms with Crippen LogP contribution in [-0.4, -0.2) is 15.0 Å². The summed E-state index contributed by atoms with van der Waals surface area (Å²) in [5.74, 6) is -0.652. The summed E-state index contributed by atoms with van der Waals surface area (Å²) in [4.78, 5) is 11.8. The van der Waals surface area contributed by atoms with Gasteiger partial charge in [0.05, 0.1) is 0 Å². The number of nitrogens with zero attached hydrogens (tertiary/aromatic N) is 3. The number of nitrogens with two attached hydrogens (primary N) is 1. The fourth-order valence-corrected chi connectivity index (χ4v) is 2.12. The number of halogens is 2. The van der Waals surface area contributed by atoms with Crippen LogP contribution >= 0.6 is 15.9 Å². The van der Waals surface area contributed by atoms with Crippen LogP contribution in [0.1, 0.15) is 0 Å². The summed E-state index contributed by atoms with van der Waals surface area (Å²) in [6.45, 7) is 0. The summed E-state index contributed by atoms with van der Waals surface area (Å²) in [6.07, 6.45) is 3.48. The largest absolute Gasteiger partial charge is 0.382 e. The van der Waals surface area contributed by atoms with E-state index in [4.69, 9.17) is 5.73 Å². The van der Waals surface area contributed by atoms with Crippen molar-refractivity contribution < 1.29 is 4.39 Å². The molecule has 19 heavy (non-hydrogen) atoms. The van der Waals surface area contributed by atoms with Crippen molar-refractivity contribution in [2.45, 2.75) is 0 Å². The summed E-state index contributed by atoms with van der Waals surface area (Å²) < 4.78 is 13.3. The van der Waals surface area contributed by atoms with Gasteiger partial charge in [-0.25, -0.2) is 4.98 Å². The maximum absolute atomic E-state index is 13.2. The van der Waals surface area contributed by atoms with Crippen LogP contribution in [0.5, 0.6) is 0 Å². The predicted molar refractivity (Wildman–Crippen MR) is 74.8 cm³/mol. The van der Waals surface area contributed by atoms with E-state index in [1.165, 1.54) is 0 Å². The molecule has 0 atom stereocenters. The van der Waals surface area contributed by atoms with Crippen LogP contribution in [0.2, 0.25) is 0 Å². The van der Waals surface area contributed by atoms with Gasteiger partial charge in [-0.1, -0.05) is 12.1 Å². The second kappa shape index (κ2) is 4.55. The molecule has 0 aliphatic carbocycles. The summed E-state index contributed by atoms with van der Waals surface area (Å²) in [5.41, 5.74) is 6.95. The Morgan fingerprint density at radius 1 is 1.11 bits per heavy atom. The summed E-state index contributed by atoms with van der Waals surface area (Å²) in [7, 11) is 0. The van der Waals surface area contributed by atoms with Crippen LogP contribution in [0.15, 0.2) is 41.3 Å². The molecule has 0 spiro atoms. The van der Waals surface area contributed by atoms with E-state index in [-0.39, 0.29) is 10.4 Å². The number of hydrogen-bond acceptors (Lipinski definition) is 4. The van der Waals surface area contributed by atoms with E-state index in [9.17, 15) is 4.39 Å². The highest BCUT2D eigenvalue weighted by Crippen LogP contribution is 2.27. The van der Waals surface area contributed by atoms with E-state index in [0.29, 0.717) is 5.69 Å². The molecule has 2 N–H and O–H groups in total. The van der Waals surface area contributed by atoms with Gasteiger partial charge >= 0.3 is 0 Å². The monoisotopic (exact) mass is 318 g/mol. The second-order valence-corrected chi connectivity index (χ2v) is 4.73. The lowest BCUT2D eigenvalue weighted by molar-refractivity contribution is 0.571. The summed E-state index contributed by atoms with van der Waals surface area (Å²) in [6, 6.07) is 7.58. The van der Waals surface area contributed by atoms with Crippen molar-refractivity contribution in [1.82, 2.24) is 15.0 Å². The third-order valence-electron chi connectivity index (χ3n) is 2.76. The molecular weight excluding hydrogens is 311 g/mol. The van der Waals surface area contributed by atoms with E-state index in [2.05, 4.69) is 30.9 Å². The second-order valence-electron chi connectivity index (χ2n) is 3.98. The molecule has 2 heterocycles. The molecule has 0 aliphatic heterocycles. The van der Waals surface area contributed by atoms with E-state index in [1.54, 1.807) is 12.4 Å². The van der Waals surface area contributed by atoms with Crippen LogP contribution in [-0.2, 0) is 0 Å². The number of rotatable bonds is 1. The Bertz CT molecular complexity index is 776. The average molecular weight is 319 g/mol. The fraction of sp³-hybridized carbons (Fsp3) is 0. The lowest BCUT2D eigenvalue weighted by atomic mass is 10.1. The molecule has 4 nitrogen and oxygen atoms in total. The highest BCUT2D eigenvalue weighted by atomic mass is 79.9. The SMILES string of the molecule is Nc1nc(F)c(Br)nc1-c1ccc2cnccc2c1. The zero-order valence-electron chi connectivity index (χ0n) is 9.64. The number of hydrogen-bond donors (Lipinski definition) is 1. The molecule has 0 unspecified atom stereocenters. The fourth-order valence-electron chi connectivity index (χ4n) is 1.85. The first-order valence-corrected chi connectivity index (χ1v) is 6.27. The van der Waals surface area contributed by atoms with Crippen LogP contribution in [0.3, 0.4) is 0 Å². The molecule has 1 aromatic carbocycles. The standard InChI is InChI=1S/C13H8BrFN4/c14-11-12(15)19-13(16)10(18-11)8-1-2-9-6-17-4-3-7(9)5-8/h1-6H,(H2,16,19). The van der Waals surface area contributed by atoms with Crippen molar-refractivity contribution in [2.75, 3.05) is 5.73 Å². The Labute approximate surface area is 116 Å². The highest BCUT2D eigenvalue weighted by Gasteiger charge is 2.11. The Balaban J connectivity index is 2.21. The van der Waals surface area contributed by atoms with Gasteiger partial charge in [0, 0.05) is 23.3 Å². The van der Waals surface area contributed by atoms with Crippen LogP contribution < -0.4 is 5.73 Å². The molecule has 0 fully saturated rings. The molecule has 0 bridgehead atoms. The first kappa shape index (κ1) is 12.0. The van der Waals surface area contributed by atoms with E-state index in [1.807, 2.05) is 24.3 Å². The molecule has 0 saturated heterocycles. The number of benzene rings is 1. The zero-order chi connectivity index (χ0) is 13.4. The van der Waals surface area contributed by atoms with Crippen molar-refractivity contribution in [3.8, 4) is 11.3 Å². The predicted octanol–water partition coefficient (Wildman–Crippen LogP) is 3.18. The third kappa shape index (κ3) is 2.15. The molecule has 2 aromatic heterocycles. The molecule has 94 valence electrons. The van der Waals surface area contributed by atoms with E-state index >= 15 is 0 Å². The smallest absolute Gasteiger partial charge is 0.247 e. The topological polar surface area (TPSA) is 64.7 Å². The average Bonchev–Trinajstić information content (AvgIpc) is 2.42. The van der Waals surface area contributed by atoms with Gasteiger partial charge in [0.15, 0.2) is 10.4 Å². The highest BCUT2D eigenvalue weighted by molar-refractivity contribution is 9.10. The number of nitrogen functional groups attached to an aromatic ring is 1. The van der Waals surface area contributed by atoms with Crippen molar-refractivity contribution >= 4 is 32.5 Å². The van der Waals surface area contributed by atoms with Crippen molar-refractivity contribution in [2.24, 2.45) is 0 Å². The quantitative estimate of drug-likeness (QED) is 0.748. The van der Waals surface area contributed by atoms with Gasteiger partial charge in [-0.3, -0.25) is 4.98 Å². The molecule has 0 saturated carbocycles. The molecule has 3 rings (SSSR count). The van der Waals surface area contributed by atoms with Crippen molar-refractivity contribution in [3.05, 3.63) is 47.2 Å². The normalized spacial score (nSPS) is 10.8. The molecule has 3 aromatic rings. The van der Waals surface area contributed by atoms with Gasteiger partial charge in [-0.05, 0) is 33.4 Å². The third-order valence-corrected chi connectivity index (χ3v) is 3.26. The van der Waals surface area contributed by atoms with E-state index < -0.39 is 5.95 Å². The van der Waals surface area contributed by atoms with Gasteiger partial charge in [0.25, 0.3) is 0 Å². The minimum Gasteiger partial charge on any atom is -0.382 e. The summed E-state index contributed by atoms with van der Waals surface area (Å²) in [5, 5.41) is 2.02. The van der Waals surface area contributed by atoms with Gasteiger partial charge in [0.2, 0.25) is 5.95 Å². The molecule has 0 aliphatic rings. The van der Waals surface area contributed by atoms with Gasteiger partial charge in [-0.15, -0.1) is 0 Å². The van der Waals surface area contributed by atoms with Crippen LogP contribution in [0.25, 0.3) is 22.0 Å². The Morgan fingerprint density at radius 3 is 2.79 bits per heavy atom. The lowest BCUT2D eigenvalue weighted by Crippen LogP contribution is -2.01. The lowest BCUT2D eigenvalue weighted by Gasteiger charge is -2.06. The first-order chi connectivity index (χ1) is 9.15. The van der Waals surface area contributed by atoms with Crippen molar-refractivity contribution in [3.63, 3.8) is 0 Å². The van der Waals surface area contributed by atoms with Gasteiger partial charge < -0.3 is 5.73 Å². The van der Waals surface area contributed by atoms with E-state index in [0.717, 1.165) is 16.3 Å². The number of anilines is 1. The Hall–Kier alpha value is -2.08. The van der Waals surface area contributed by atoms with Gasteiger partial charge in [-0.2, -0.15) is 9.37 Å². The number of pyridine rings is 1. The molecule has 0 radical (unpaired) electrons.